The molecule has 0 heterocycles. The maximum Gasteiger partial charge on any atom is 0.135 e. The second kappa shape index (κ2) is 6.50. The van der Waals surface area contributed by atoms with Crippen molar-refractivity contribution in [3.8, 4) is 17.2 Å². The summed E-state index contributed by atoms with van der Waals surface area (Å²) in [5.41, 5.74) is 8.01. The molecule has 0 radical (unpaired) electrons. The van der Waals surface area contributed by atoms with E-state index >= 15 is 0 Å². The number of methoxy groups -OCH3 is 1. The summed E-state index contributed by atoms with van der Waals surface area (Å²) in [4.78, 5) is 2.03. The Labute approximate surface area is 126 Å². The third-order valence-electron chi connectivity index (χ3n) is 3.26. The average Bonchev–Trinajstić information content (AvgIpc) is 2.46. The molecule has 0 amide bonds. The van der Waals surface area contributed by atoms with Crippen molar-refractivity contribution in [2.75, 3.05) is 26.1 Å². The molecule has 0 aliphatic heterocycles. The second-order valence-corrected chi connectivity index (χ2v) is 5.15. The molecule has 21 heavy (non-hydrogen) atoms. The fourth-order valence-corrected chi connectivity index (χ4v) is 2.19. The van der Waals surface area contributed by atoms with Crippen molar-refractivity contribution in [3.05, 3.63) is 48.0 Å². The molecule has 0 aliphatic carbocycles. The van der Waals surface area contributed by atoms with Gasteiger partial charge in [0.05, 0.1) is 12.7 Å². The van der Waals surface area contributed by atoms with Crippen LogP contribution >= 0.6 is 0 Å². The molecule has 0 fully saturated rings. The molecule has 0 bridgehead atoms. The van der Waals surface area contributed by atoms with Gasteiger partial charge in [-0.05, 0) is 31.2 Å². The van der Waals surface area contributed by atoms with Crippen LogP contribution in [0.1, 0.15) is 18.5 Å². The highest BCUT2D eigenvalue weighted by Crippen LogP contribution is 2.36. The molecule has 4 heteroatoms. The number of ether oxygens (including phenoxy) is 2. The van der Waals surface area contributed by atoms with Crippen molar-refractivity contribution in [1.29, 1.82) is 0 Å². The lowest BCUT2D eigenvalue weighted by atomic mass is 10.1. The molecule has 0 aliphatic rings. The summed E-state index contributed by atoms with van der Waals surface area (Å²) in [6, 6.07) is 13.4. The minimum absolute atomic E-state index is 0.173. The van der Waals surface area contributed by atoms with Crippen molar-refractivity contribution in [3.63, 3.8) is 0 Å². The molecule has 2 aromatic carbocycles. The Hall–Kier alpha value is -2.20. The summed E-state index contributed by atoms with van der Waals surface area (Å²) in [7, 11) is 5.63. The average molecular weight is 286 g/mol. The van der Waals surface area contributed by atoms with E-state index in [2.05, 4.69) is 0 Å². The van der Waals surface area contributed by atoms with Gasteiger partial charge in [0.15, 0.2) is 0 Å². The minimum atomic E-state index is -0.173. The number of benzene rings is 2. The molecule has 0 saturated heterocycles. The van der Waals surface area contributed by atoms with Crippen LogP contribution in [0.15, 0.2) is 42.5 Å². The van der Waals surface area contributed by atoms with E-state index in [1.54, 1.807) is 7.11 Å². The van der Waals surface area contributed by atoms with Gasteiger partial charge in [0.25, 0.3) is 0 Å². The maximum atomic E-state index is 6.05. The van der Waals surface area contributed by atoms with Gasteiger partial charge < -0.3 is 20.1 Å². The van der Waals surface area contributed by atoms with Crippen LogP contribution in [-0.4, -0.2) is 21.2 Å². The van der Waals surface area contributed by atoms with Crippen molar-refractivity contribution >= 4 is 5.69 Å². The molecular weight excluding hydrogens is 264 g/mol. The Balaban J connectivity index is 2.37. The van der Waals surface area contributed by atoms with Gasteiger partial charge >= 0.3 is 0 Å². The molecule has 2 aromatic rings. The third kappa shape index (κ3) is 3.47. The minimum Gasteiger partial charge on any atom is -0.496 e. The lowest BCUT2D eigenvalue weighted by Gasteiger charge is -2.18. The number of rotatable bonds is 5. The zero-order chi connectivity index (χ0) is 15.4. The Morgan fingerprint density at radius 2 is 1.71 bits per heavy atom. The number of nitrogens with zero attached hydrogens (tertiary/aromatic N) is 1. The second-order valence-electron chi connectivity index (χ2n) is 5.15. The summed E-state index contributed by atoms with van der Waals surface area (Å²) in [5.74, 6) is 2.24. The van der Waals surface area contributed by atoms with Crippen molar-refractivity contribution in [1.82, 2.24) is 0 Å². The van der Waals surface area contributed by atoms with Crippen LogP contribution in [0.3, 0.4) is 0 Å². The molecule has 112 valence electrons. The standard InChI is InChI=1S/C17H22N2O2/c1-12(18)17-15(20-4)9-6-10-16(17)21-14-8-5-7-13(11-14)19(2)3/h5-12H,18H2,1-4H3/t12-/m0/s1. The van der Waals surface area contributed by atoms with E-state index in [9.17, 15) is 0 Å². The van der Waals surface area contributed by atoms with Gasteiger partial charge in [-0.2, -0.15) is 0 Å². The zero-order valence-corrected chi connectivity index (χ0v) is 13.0. The van der Waals surface area contributed by atoms with E-state index < -0.39 is 0 Å². The molecule has 2 N–H and O–H groups in total. The SMILES string of the molecule is COc1cccc(Oc2cccc(N(C)C)c2)c1[C@H](C)N. The van der Waals surface area contributed by atoms with Gasteiger partial charge in [0.2, 0.25) is 0 Å². The largest absolute Gasteiger partial charge is 0.496 e. The lowest BCUT2D eigenvalue weighted by molar-refractivity contribution is 0.397. The number of anilines is 1. The Bertz CT molecular complexity index is 609. The Kier molecular flexibility index (Phi) is 4.70. The van der Waals surface area contributed by atoms with Gasteiger partial charge in [-0.25, -0.2) is 0 Å². The van der Waals surface area contributed by atoms with Crippen molar-refractivity contribution in [2.45, 2.75) is 13.0 Å². The first kappa shape index (κ1) is 15.2. The zero-order valence-electron chi connectivity index (χ0n) is 13.0. The monoisotopic (exact) mass is 286 g/mol. The topological polar surface area (TPSA) is 47.7 Å². The van der Waals surface area contributed by atoms with E-state index in [0.717, 1.165) is 28.5 Å². The highest BCUT2D eigenvalue weighted by Gasteiger charge is 2.15. The van der Waals surface area contributed by atoms with Gasteiger partial charge in [0, 0.05) is 31.9 Å². The van der Waals surface area contributed by atoms with E-state index in [-0.39, 0.29) is 6.04 Å². The van der Waals surface area contributed by atoms with Crippen molar-refractivity contribution in [2.24, 2.45) is 5.73 Å². The molecule has 2 rings (SSSR count). The Morgan fingerprint density at radius 3 is 2.33 bits per heavy atom. The molecule has 0 aromatic heterocycles. The van der Waals surface area contributed by atoms with E-state index in [4.69, 9.17) is 15.2 Å². The predicted octanol–water partition coefficient (Wildman–Crippen LogP) is 3.57. The van der Waals surface area contributed by atoms with E-state index in [1.807, 2.05) is 68.4 Å². The number of nitrogens with two attached hydrogens (primary N) is 1. The summed E-state index contributed by atoms with van der Waals surface area (Å²) in [6.45, 7) is 1.92. The quantitative estimate of drug-likeness (QED) is 0.912. The van der Waals surface area contributed by atoms with Gasteiger partial charge in [-0.15, -0.1) is 0 Å². The first-order valence-electron chi connectivity index (χ1n) is 6.90. The fourth-order valence-electron chi connectivity index (χ4n) is 2.19. The van der Waals surface area contributed by atoms with Gasteiger partial charge in [-0.3, -0.25) is 0 Å². The summed E-state index contributed by atoms with van der Waals surface area (Å²) < 4.78 is 11.4. The predicted molar refractivity (Wildman–Crippen MR) is 86.4 cm³/mol. The first-order valence-corrected chi connectivity index (χ1v) is 6.90. The molecule has 4 nitrogen and oxygen atoms in total. The summed E-state index contributed by atoms with van der Waals surface area (Å²) in [5, 5.41) is 0. The third-order valence-corrected chi connectivity index (χ3v) is 3.26. The summed E-state index contributed by atoms with van der Waals surface area (Å²) >= 11 is 0. The highest BCUT2D eigenvalue weighted by molar-refractivity contribution is 5.52. The number of hydrogen-bond donors (Lipinski definition) is 1. The maximum absolute atomic E-state index is 6.05. The van der Waals surface area contributed by atoms with E-state index in [0.29, 0.717) is 0 Å². The van der Waals surface area contributed by atoms with Crippen LogP contribution in [0, 0.1) is 0 Å². The molecule has 1 atom stereocenters. The highest BCUT2D eigenvalue weighted by atomic mass is 16.5. The van der Waals surface area contributed by atoms with Gasteiger partial charge in [-0.1, -0.05) is 12.1 Å². The van der Waals surface area contributed by atoms with Crippen LogP contribution in [0.25, 0.3) is 0 Å². The van der Waals surface area contributed by atoms with Crippen LogP contribution < -0.4 is 20.1 Å². The molecular formula is C17H22N2O2. The summed E-state index contributed by atoms with van der Waals surface area (Å²) in [6.07, 6.45) is 0. The normalized spacial score (nSPS) is 11.9. The molecule has 0 spiro atoms. The van der Waals surface area contributed by atoms with E-state index in [1.165, 1.54) is 0 Å². The molecule has 0 saturated carbocycles. The Morgan fingerprint density at radius 1 is 1.05 bits per heavy atom. The smallest absolute Gasteiger partial charge is 0.135 e. The van der Waals surface area contributed by atoms with Crippen LogP contribution in [0.2, 0.25) is 0 Å². The van der Waals surface area contributed by atoms with Gasteiger partial charge in [0.1, 0.15) is 17.2 Å². The number of hydrogen-bond acceptors (Lipinski definition) is 4. The fraction of sp³-hybridized carbons (Fsp3) is 0.294. The molecule has 0 unspecified atom stereocenters. The lowest BCUT2D eigenvalue weighted by Crippen LogP contribution is -2.09. The van der Waals surface area contributed by atoms with Crippen LogP contribution in [0.5, 0.6) is 17.2 Å². The first-order chi connectivity index (χ1) is 10.0. The van der Waals surface area contributed by atoms with Crippen LogP contribution in [-0.2, 0) is 0 Å². The van der Waals surface area contributed by atoms with Crippen LogP contribution in [0.4, 0.5) is 5.69 Å². The van der Waals surface area contributed by atoms with Crippen molar-refractivity contribution < 1.29 is 9.47 Å².